The summed E-state index contributed by atoms with van der Waals surface area (Å²) in [4.78, 5) is 24.7. The molecule has 1 amide bonds. The summed E-state index contributed by atoms with van der Waals surface area (Å²) in [5.74, 6) is -0.989. The fraction of sp³-hybridized carbons (Fsp3) is 0.500. The van der Waals surface area contributed by atoms with Crippen LogP contribution in [0.2, 0.25) is 0 Å². The molecule has 0 atom stereocenters. The van der Waals surface area contributed by atoms with Gasteiger partial charge < -0.3 is 15.3 Å². The number of carbonyl (C=O) groups excluding carboxylic acids is 1. The van der Waals surface area contributed by atoms with Crippen molar-refractivity contribution in [1.82, 2.24) is 0 Å². The molecule has 1 heterocycles. The standard InChI is InChI=1S/C16H22N2O3/c19-15(9-6-10-16(20)21)17-13-7-2-3-8-14(13)18-11-4-1-5-12-18/h2-3,7-8H,1,4-6,9-12H2,(H,17,19)(H,20,21). The van der Waals surface area contributed by atoms with Crippen LogP contribution in [0.4, 0.5) is 11.4 Å². The van der Waals surface area contributed by atoms with Crippen molar-refractivity contribution in [3.63, 3.8) is 0 Å². The number of carboxylic acid groups (broad SMARTS) is 1. The molecule has 2 N–H and O–H groups in total. The monoisotopic (exact) mass is 290 g/mol. The highest BCUT2D eigenvalue weighted by atomic mass is 16.4. The van der Waals surface area contributed by atoms with Gasteiger partial charge in [-0.05, 0) is 37.8 Å². The van der Waals surface area contributed by atoms with Gasteiger partial charge >= 0.3 is 5.97 Å². The lowest BCUT2D eigenvalue weighted by atomic mass is 10.1. The number of benzene rings is 1. The summed E-state index contributed by atoms with van der Waals surface area (Å²) in [6.07, 6.45) is 4.26. The number of carboxylic acids is 1. The van der Waals surface area contributed by atoms with Crippen molar-refractivity contribution in [3.8, 4) is 0 Å². The summed E-state index contributed by atoms with van der Waals surface area (Å²) >= 11 is 0. The Balaban J connectivity index is 1.96. The van der Waals surface area contributed by atoms with Gasteiger partial charge in [0.25, 0.3) is 0 Å². The summed E-state index contributed by atoms with van der Waals surface area (Å²) in [6, 6.07) is 7.81. The molecule has 1 fully saturated rings. The molecule has 0 radical (unpaired) electrons. The molecule has 0 aromatic heterocycles. The number of hydrogen-bond donors (Lipinski definition) is 2. The predicted octanol–water partition coefficient (Wildman–Crippen LogP) is 2.87. The molecular formula is C16H22N2O3. The van der Waals surface area contributed by atoms with E-state index in [1.54, 1.807) is 0 Å². The summed E-state index contributed by atoms with van der Waals surface area (Å²) in [5.41, 5.74) is 1.88. The van der Waals surface area contributed by atoms with Gasteiger partial charge in [-0.15, -0.1) is 0 Å². The van der Waals surface area contributed by atoms with Crippen molar-refractivity contribution >= 4 is 23.3 Å². The second-order valence-corrected chi connectivity index (χ2v) is 5.36. The fourth-order valence-corrected chi connectivity index (χ4v) is 2.60. The molecule has 1 aromatic carbocycles. The molecule has 1 saturated heterocycles. The smallest absolute Gasteiger partial charge is 0.303 e. The number of rotatable bonds is 6. The first-order chi connectivity index (χ1) is 10.2. The van der Waals surface area contributed by atoms with Gasteiger partial charge in [0, 0.05) is 25.9 Å². The molecule has 1 aliphatic heterocycles. The second-order valence-electron chi connectivity index (χ2n) is 5.36. The molecule has 0 saturated carbocycles. The van der Waals surface area contributed by atoms with E-state index in [-0.39, 0.29) is 18.7 Å². The first-order valence-electron chi connectivity index (χ1n) is 7.52. The number of aliphatic carboxylic acids is 1. The number of piperidine rings is 1. The van der Waals surface area contributed by atoms with Crippen LogP contribution in [-0.2, 0) is 9.59 Å². The molecule has 5 nitrogen and oxygen atoms in total. The fourth-order valence-electron chi connectivity index (χ4n) is 2.60. The second kappa shape index (κ2) is 7.67. The molecule has 1 aromatic rings. The molecule has 0 bridgehead atoms. The summed E-state index contributed by atoms with van der Waals surface area (Å²) in [5, 5.41) is 11.5. The van der Waals surface area contributed by atoms with Crippen LogP contribution in [0.1, 0.15) is 38.5 Å². The molecule has 0 aliphatic carbocycles. The number of nitrogens with one attached hydrogen (secondary N) is 1. The van der Waals surface area contributed by atoms with Crippen molar-refractivity contribution in [1.29, 1.82) is 0 Å². The number of para-hydroxylation sites is 2. The van der Waals surface area contributed by atoms with Crippen LogP contribution in [0.5, 0.6) is 0 Å². The molecule has 2 rings (SSSR count). The highest BCUT2D eigenvalue weighted by Gasteiger charge is 2.15. The number of nitrogens with zero attached hydrogens (tertiary/aromatic N) is 1. The summed E-state index contributed by atoms with van der Waals surface area (Å²) < 4.78 is 0. The van der Waals surface area contributed by atoms with Crippen LogP contribution >= 0.6 is 0 Å². The van der Waals surface area contributed by atoms with E-state index in [9.17, 15) is 9.59 Å². The number of hydrogen-bond acceptors (Lipinski definition) is 3. The zero-order chi connectivity index (χ0) is 15.1. The third-order valence-corrected chi connectivity index (χ3v) is 3.67. The van der Waals surface area contributed by atoms with Crippen molar-refractivity contribution < 1.29 is 14.7 Å². The van der Waals surface area contributed by atoms with Crippen molar-refractivity contribution in [3.05, 3.63) is 24.3 Å². The Bertz CT molecular complexity index is 496. The zero-order valence-electron chi connectivity index (χ0n) is 12.2. The van der Waals surface area contributed by atoms with E-state index < -0.39 is 5.97 Å². The average Bonchev–Trinajstić information content (AvgIpc) is 2.48. The Kier molecular flexibility index (Phi) is 5.60. The average molecular weight is 290 g/mol. The Morgan fingerprint density at radius 3 is 2.52 bits per heavy atom. The van der Waals surface area contributed by atoms with E-state index >= 15 is 0 Å². The van der Waals surface area contributed by atoms with Crippen LogP contribution in [0, 0.1) is 0 Å². The molecule has 1 aliphatic rings. The van der Waals surface area contributed by atoms with Crippen molar-refractivity contribution in [2.45, 2.75) is 38.5 Å². The van der Waals surface area contributed by atoms with E-state index in [0.717, 1.165) is 24.5 Å². The van der Waals surface area contributed by atoms with Crippen LogP contribution in [-0.4, -0.2) is 30.1 Å². The van der Waals surface area contributed by atoms with E-state index in [1.165, 1.54) is 19.3 Å². The number of anilines is 2. The first kappa shape index (κ1) is 15.4. The molecule has 5 heteroatoms. The Morgan fingerprint density at radius 2 is 1.81 bits per heavy atom. The zero-order valence-corrected chi connectivity index (χ0v) is 12.2. The van der Waals surface area contributed by atoms with Gasteiger partial charge in [0.1, 0.15) is 0 Å². The van der Waals surface area contributed by atoms with E-state index in [0.29, 0.717) is 6.42 Å². The lowest BCUT2D eigenvalue weighted by molar-refractivity contribution is -0.137. The van der Waals surface area contributed by atoms with Crippen molar-refractivity contribution in [2.75, 3.05) is 23.3 Å². The highest BCUT2D eigenvalue weighted by Crippen LogP contribution is 2.28. The highest BCUT2D eigenvalue weighted by molar-refractivity contribution is 5.94. The Hall–Kier alpha value is -2.04. The molecule has 0 spiro atoms. The SMILES string of the molecule is O=C(O)CCCC(=O)Nc1ccccc1N1CCCCC1. The molecule has 114 valence electrons. The lowest BCUT2D eigenvalue weighted by Gasteiger charge is -2.30. The third kappa shape index (κ3) is 4.77. The van der Waals surface area contributed by atoms with Crippen LogP contribution in [0.3, 0.4) is 0 Å². The third-order valence-electron chi connectivity index (χ3n) is 3.67. The minimum Gasteiger partial charge on any atom is -0.481 e. The maximum Gasteiger partial charge on any atom is 0.303 e. The maximum absolute atomic E-state index is 11.9. The predicted molar refractivity (Wildman–Crippen MR) is 82.6 cm³/mol. The number of carbonyl (C=O) groups is 2. The van der Waals surface area contributed by atoms with Gasteiger partial charge in [-0.3, -0.25) is 9.59 Å². The summed E-state index contributed by atoms with van der Waals surface area (Å²) in [7, 11) is 0. The van der Waals surface area contributed by atoms with Crippen LogP contribution in [0.15, 0.2) is 24.3 Å². The normalized spacial score (nSPS) is 14.8. The minimum absolute atomic E-state index is 0.0290. The Morgan fingerprint density at radius 1 is 1.10 bits per heavy atom. The van der Waals surface area contributed by atoms with Gasteiger partial charge in [0.05, 0.1) is 11.4 Å². The van der Waals surface area contributed by atoms with Crippen LogP contribution < -0.4 is 10.2 Å². The number of amides is 1. The van der Waals surface area contributed by atoms with E-state index in [4.69, 9.17) is 5.11 Å². The van der Waals surface area contributed by atoms with Crippen molar-refractivity contribution in [2.24, 2.45) is 0 Å². The lowest BCUT2D eigenvalue weighted by Crippen LogP contribution is -2.30. The van der Waals surface area contributed by atoms with Gasteiger partial charge in [-0.25, -0.2) is 0 Å². The van der Waals surface area contributed by atoms with Gasteiger partial charge in [0.15, 0.2) is 0 Å². The first-order valence-corrected chi connectivity index (χ1v) is 7.52. The maximum atomic E-state index is 11.9. The van der Waals surface area contributed by atoms with E-state index in [2.05, 4.69) is 10.2 Å². The van der Waals surface area contributed by atoms with E-state index in [1.807, 2.05) is 24.3 Å². The topological polar surface area (TPSA) is 69.6 Å². The quantitative estimate of drug-likeness (QED) is 0.845. The van der Waals surface area contributed by atoms with Gasteiger partial charge in [-0.1, -0.05) is 12.1 Å². The molecule has 21 heavy (non-hydrogen) atoms. The van der Waals surface area contributed by atoms with Gasteiger partial charge in [0.2, 0.25) is 5.91 Å². The molecule has 0 unspecified atom stereocenters. The minimum atomic E-state index is -0.864. The summed E-state index contributed by atoms with van der Waals surface area (Å²) in [6.45, 7) is 2.04. The Labute approximate surface area is 125 Å². The van der Waals surface area contributed by atoms with Gasteiger partial charge in [-0.2, -0.15) is 0 Å². The van der Waals surface area contributed by atoms with Crippen LogP contribution in [0.25, 0.3) is 0 Å². The largest absolute Gasteiger partial charge is 0.481 e. The molecular weight excluding hydrogens is 268 g/mol.